The van der Waals surface area contributed by atoms with E-state index in [1.807, 2.05) is 0 Å². The minimum absolute atomic E-state index is 0.00126. The summed E-state index contributed by atoms with van der Waals surface area (Å²) < 4.78 is 12.0. The summed E-state index contributed by atoms with van der Waals surface area (Å²) in [5.41, 5.74) is -0.684. The van der Waals surface area contributed by atoms with Gasteiger partial charge in [-0.15, -0.1) is 0 Å². The topological polar surface area (TPSA) is 98.0 Å². The fraction of sp³-hybridized carbons (Fsp3) is 0.571. The summed E-state index contributed by atoms with van der Waals surface area (Å²) in [6.45, 7) is -0.802. The number of hydrogen-bond donors (Lipinski definition) is 4. The van der Waals surface area contributed by atoms with Gasteiger partial charge in [-0.3, -0.25) is 0 Å². The molecule has 3 unspecified atom stereocenters. The monoisotopic (exact) mass is 194 g/mol. The number of aldehydes is 1. The number of rotatable bonds is 5. The van der Waals surface area contributed by atoms with Gasteiger partial charge in [-0.2, -0.15) is 0 Å². The van der Waals surface area contributed by atoms with Gasteiger partial charge < -0.3 is 25.2 Å². The minimum Gasteiger partial charge on any atom is -0.394 e. The number of hydrogen-bond acceptors (Lipinski definition) is 5. The SMILES string of the molecule is O=CC(O)C(=CF)C(O)C(O)CO. The molecule has 13 heavy (non-hydrogen) atoms. The van der Waals surface area contributed by atoms with Crippen molar-refractivity contribution in [2.45, 2.75) is 18.3 Å². The number of aliphatic hydroxyl groups is 4. The molecule has 0 radical (unpaired) electrons. The molecule has 6 heteroatoms. The normalized spacial score (nSPS) is 19.3. The van der Waals surface area contributed by atoms with E-state index in [0.717, 1.165) is 0 Å². The first kappa shape index (κ1) is 12.2. The zero-order valence-corrected chi connectivity index (χ0v) is 6.67. The van der Waals surface area contributed by atoms with Crippen molar-refractivity contribution < 1.29 is 29.6 Å². The van der Waals surface area contributed by atoms with Crippen LogP contribution in [0.5, 0.6) is 0 Å². The average Bonchev–Trinajstić information content (AvgIpc) is 2.17. The van der Waals surface area contributed by atoms with Crippen molar-refractivity contribution >= 4 is 6.29 Å². The molecule has 0 aromatic rings. The minimum atomic E-state index is -1.82. The highest BCUT2D eigenvalue weighted by Gasteiger charge is 2.25. The van der Waals surface area contributed by atoms with Gasteiger partial charge in [0.25, 0.3) is 0 Å². The van der Waals surface area contributed by atoms with Crippen LogP contribution in [0.3, 0.4) is 0 Å². The van der Waals surface area contributed by atoms with Crippen molar-refractivity contribution in [3.05, 3.63) is 11.9 Å². The number of carbonyl (C=O) groups is 1. The third-order valence-corrected chi connectivity index (χ3v) is 1.49. The maximum absolute atomic E-state index is 12.0. The van der Waals surface area contributed by atoms with Crippen LogP contribution in [-0.4, -0.2) is 51.6 Å². The first-order valence-electron chi connectivity index (χ1n) is 3.49. The Bertz CT molecular complexity index is 193. The van der Waals surface area contributed by atoms with Crippen LogP contribution in [0.1, 0.15) is 0 Å². The zero-order chi connectivity index (χ0) is 10.4. The van der Waals surface area contributed by atoms with E-state index in [9.17, 15) is 9.18 Å². The first-order valence-corrected chi connectivity index (χ1v) is 3.49. The molecule has 76 valence electrons. The summed E-state index contributed by atoms with van der Waals surface area (Å²) in [5.74, 6) is 0. The van der Waals surface area contributed by atoms with Crippen molar-refractivity contribution in [2.75, 3.05) is 6.61 Å². The Hall–Kier alpha value is -0.820. The third-order valence-electron chi connectivity index (χ3n) is 1.49. The fourth-order valence-electron chi connectivity index (χ4n) is 0.705. The molecule has 0 aliphatic heterocycles. The van der Waals surface area contributed by atoms with Crippen LogP contribution in [0.25, 0.3) is 0 Å². The van der Waals surface area contributed by atoms with Gasteiger partial charge >= 0.3 is 0 Å². The second kappa shape index (κ2) is 5.76. The molecular formula is C7H11FO5. The van der Waals surface area contributed by atoms with Crippen LogP contribution in [0.4, 0.5) is 4.39 Å². The van der Waals surface area contributed by atoms with Gasteiger partial charge in [-0.25, -0.2) is 4.39 Å². The first-order chi connectivity index (χ1) is 6.08. The van der Waals surface area contributed by atoms with Crippen molar-refractivity contribution in [1.82, 2.24) is 0 Å². The molecule has 0 saturated heterocycles. The Morgan fingerprint density at radius 1 is 1.38 bits per heavy atom. The van der Waals surface area contributed by atoms with Crippen molar-refractivity contribution in [3.8, 4) is 0 Å². The van der Waals surface area contributed by atoms with Crippen LogP contribution < -0.4 is 0 Å². The molecule has 0 fully saturated rings. The summed E-state index contributed by atoms with van der Waals surface area (Å²) in [5, 5.41) is 35.1. The van der Waals surface area contributed by atoms with Gasteiger partial charge in [0.05, 0.1) is 12.9 Å². The molecule has 5 nitrogen and oxygen atoms in total. The Morgan fingerprint density at radius 2 is 1.92 bits per heavy atom. The Kier molecular flexibility index (Phi) is 5.40. The smallest absolute Gasteiger partial charge is 0.152 e. The summed E-state index contributed by atoms with van der Waals surface area (Å²) in [7, 11) is 0. The van der Waals surface area contributed by atoms with Gasteiger partial charge in [-0.05, 0) is 0 Å². The number of halogens is 1. The van der Waals surface area contributed by atoms with E-state index in [1.165, 1.54) is 0 Å². The highest BCUT2D eigenvalue weighted by molar-refractivity contribution is 5.61. The molecule has 0 aromatic carbocycles. The zero-order valence-electron chi connectivity index (χ0n) is 6.67. The Morgan fingerprint density at radius 3 is 2.23 bits per heavy atom. The molecule has 0 aromatic heterocycles. The molecule has 0 saturated carbocycles. The van der Waals surface area contributed by atoms with Crippen LogP contribution in [0.2, 0.25) is 0 Å². The Labute approximate surface area is 73.7 Å². The van der Waals surface area contributed by atoms with Crippen molar-refractivity contribution in [1.29, 1.82) is 0 Å². The Balaban J connectivity index is 4.50. The lowest BCUT2D eigenvalue weighted by atomic mass is 10.0. The third kappa shape index (κ3) is 3.19. The van der Waals surface area contributed by atoms with E-state index < -0.39 is 30.5 Å². The second-order valence-electron chi connectivity index (χ2n) is 2.38. The highest BCUT2D eigenvalue weighted by Crippen LogP contribution is 2.11. The predicted molar refractivity (Wildman–Crippen MR) is 40.4 cm³/mol. The standard InChI is InChI=1S/C7H11FO5/c8-1-4(5(11)2-9)7(13)6(12)3-10/h1-2,5-7,10-13H,3H2. The molecule has 4 N–H and O–H groups in total. The van der Waals surface area contributed by atoms with Gasteiger partial charge in [-0.1, -0.05) is 0 Å². The van der Waals surface area contributed by atoms with Crippen molar-refractivity contribution in [3.63, 3.8) is 0 Å². The summed E-state index contributed by atoms with van der Waals surface area (Å²) in [6, 6.07) is 0. The van der Waals surface area contributed by atoms with Crippen LogP contribution in [0, 0.1) is 0 Å². The molecule has 0 aliphatic rings. The molecular weight excluding hydrogens is 183 g/mol. The summed E-state index contributed by atoms with van der Waals surface area (Å²) in [6.07, 6.45) is -5.42. The fourth-order valence-corrected chi connectivity index (χ4v) is 0.705. The molecule has 0 aliphatic carbocycles. The molecule has 0 bridgehead atoms. The lowest BCUT2D eigenvalue weighted by molar-refractivity contribution is -0.114. The highest BCUT2D eigenvalue weighted by atomic mass is 19.1. The summed E-state index contributed by atoms with van der Waals surface area (Å²) in [4.78, 5) is 10.0. The second-order valence-corrected chi connectivity index (χ2v) is 2.38. The maximum Gasteiger partial charge on any atom is 0.152 e. The number of carbonyl (C=O) groups excluding carboxylic acids is 1. The van der Waals surface area contributed by atoms with E-state index in [-0.39, 0.29) is 12.6 Å². The van der Waals surface area contributed by atoms with E-state index in [2.05, 4.69) is 0 Å². The maximum atomic E-state index is 12.0. The van der Waals surface area contributed by atoms with Crippen LogP contribution in [0.15, 0.2) is 11.9 Å². The van der Waals surface area contributed by atoms with E-state index in [0.29, 0.717) is 0 Å². The average molecular weight is 194 g/mol. The molecule has 0 spiro atoms. The van der Waals surface area contributed by atoms with E-state index in [1.54, 1.807) is 0 Å². The largest absolute Gasteiger partial charge is 0.394 e. The van der Waals surface area contributed by atoms with Crippen LogP contribution in [-0.2, 0) is 4.79 Å². The van der Waals surface area contributed by atoms with Crippen molar-refractivity contribution in [2.24, 2.45) is 0 Å². The van der Waals surface area contributed by atoms with Gasteiger partial charge in [0.2, 0.25) is 0 Å². The van der Waals surface area contributed by atoms with E-state index >= 15 is 0 Å². The van der Waals surface area contributed by atoms with Gasteiger partial charge in [0.1, 0.15) is 18.3 Å². The lowest BCUT2D eigenvalue weighted by Crippen LogP contribution is -2.35. The number of aliphatic hydroxyl groups excluding tert-OH is 4. The molecule has 0 rings (SSSR count). The molecule has 3 atom stereocenters. The van der Waals surface area contributed by atoms with Gasteiger partial charge in [0.15, 0.2) is 6.29 Å². The predicted octanol–water partition coefficient (Wildman–Crippen LogP) is -1.89. The molecule has 0 heterocycles. The van der Waals surface area contributed by atoms with Gasteiger partial charge in [0, 0.05) is 5.57 Å². The lowest BCUT2D eigenvalue weighted by Gasteiger charge is -2.19. The quantitative estimate of drug-likeness (QED) is 0.384. The molecule has 0 amide bonds. The van der Waals surface area contributed by atoms with E-state index in [4.69, 9.17) is 20.4 Å². The van der Waals surface area contributed by atoms with Crippen LogP contribution >= 0.6 is 0 Å². The summed E-state index contributed by atoms with van der Waals surface area (Å²) >= 11 is 0.